The van der Waals surface area contributed by atoms with Gasteiger partial charge in [0.2, 0.25) is 5.91 Å². The molecule has 0 saturated heterocycles. The highest BCUT2D eigenvalue weighted by Gasteiger charge is 2.25. The first kappa shape index (κ1) is 14.4. The van der Waals surface area contributed by atoms with E-state index < -0.39 is 6.04 Å². The van der Waals surface area contributed by atoms with Crippen LogP contribution in [0.3, 0.4) is 0 Å². The van der Waals surface area contributed by atoms with E-state index in [0.717, 1.165) is 31.6 Å². The molecule has 98 valence electrons. The molecule has 1 rings (SSSR count). The quantitative estimate of drug-likeness (QED) is 0.595. The second-order valence-electron chi connectivity index (χ2n) is 4.75. The topological polar surface area (TPSA) is 55.4 Å². The Bertz CT molecular complexity index is 275. The summed E-state index contributed by atoms with van der Waals surface area (Å²) in [6, 6.07) is -0.629. The van der Waals surface area contributed by atoms with Gasteiger partial charge in [-0.05, 0) is 31.6 Å². The molecule has 1 aliphatic rings. The lowest BCUT2D eigenvalue weighted by Crippen LogP contribution is -2.43. The van der Waals surface area contributed by atoms with Crippen molar-refractivity contribution < 1.29 is 14.3 Å². The van der Waals surface area contributed by atoms with Gasteiger partial charge in [-0.15, -0.1) is 0 Å². The van der Waals surface area contributed by atoms with E-state index in [-0.39, 0.29) is 23.7 Å². The van der Waals surface area contributed by atoms with Crippen LogP contribution in [-0.2, 0) is 14.3 Å². The fourth-order valence-corrected chi connectivity index (χ4v) is 2.26. The van der Waals surface area contributed by atoms with Gasteiger partial charge in [0.15, 0.2) is 0 Å². The summed E-state index contributed by atoms with van der Waals surface area (Å²) in [5.41, 5.74) is 0. The number of hydrogen-bond acceptors (Lipinski definition) is 4. The summed E-state index contributed by atoms with van der Waals surface area (Å²) < 4.78 is 5.39. The van der Waals surface area contributed by atoms with E-state index in [9.17, 15) is 9.59 Å². The summed E-state index contributed by atoms with van der Waals surface area (Å²) >= 11 is 4.05. The molecule has 0 bridgehead atoms. The Balaban J connectivity index is 2.38. The molecule has 17 heavy (non-hydrogen) atoms. The third-order valence-electron chi connectivity index (χ3n) is 3.09. The maximum atomic E-state index is 11.8. The zero-order valence-corrected chi connectivity index (χ0v) is 11.3. The number of amides is 1. The highest BCUT2D eigenvalue weighted by molar-refractivity contribution is 7.80. The van der Waals surface area contributed by atoms with Crippen molar-refractivity contribution >= 4 is 24.5 Å². The zero-order chi connectivity index (χ0) is 12.8. The number of carbonyl (C=O) groups excluding carboxylic acids is 2. The summed E-state index contributed by atoms with van der Waals surface area (Å²) in [6.07, 6.45) is 4.06. The van der Waals surface area contributed by atoms with Gasteiger partial charge in [0.25, 0.3) is 0 Å². The van der Waals surface area contributed by atoms with E-state index in [0.29, 0.717) is 0 Å². The van der Waals surface area contributed by atoms with Gasteiger partial charge in [-0.3, -0.25) is 4.79 Å². The Kier molecular flexibility index (Phi) is 5.82. The monoisotopic (exact) mass is 259 g/mol. The third-order valence-corrected chi connectivity index (χ3v) is 3.46. The number of rotatable bonds is 4. The lowest BCUT2D eigenvalue weighted by atomic mass is 9.89. The van der Waals surface area contributed by atoms with E-state index in [1.807, 2.05) is 0 Å². The first-order valence-electron chi connectivity index (χ1n) is 6.11. The second kappa shape index (κ2) is 6.89. The van der Waals surface area contributed by atoms with Gasteiger partial charge in [-0.1, -0.05) is 6.92 Å². The molecule has 1 atom stereocenters. The molecule has 1 aliphatic carbocycles. The molecule has 1 fully saturated rings. The van der Waals surface area contributed by atoms with Crippen LogP contribution >= 0.6 is 12.6 Å². The van der Waals surface area contributed by atoms with Crippen molar-refractivity contribution in [1.29, 1.82) is 0 Å². The summed E-state index contributed by atoms with van der Waals surface area (Å²) in [6.45, 7) is 3.60. The smallest absolute Gasteiger partial charge is 0.329 e. The molecule has 1 N–H and O–H groups in total. The maximum Gasteiger partial charge on any atom is 0.329 e. The normalized spacial score (nSPS) is 26.1. The van der Waals surface area contributed by atoms with Crippen LogP contribution in [0, 0.1) is 5.92 Å². The minimum absolute atomic E-state index is 0.00911. The Morgan fingerprint density at radius 3 is 2.41 bits per heavy atom. The van der Waals surface area contributed by atoms with Crippen LogP contribution in [0.25, 0.3) is 0 Å². The molecule has 0 spiro atoms. The molecule has 1 amide bonds. The van der Waals surface area contributed by atoms with Crippen LogP contribution in [-0.4, -0.2) is 29.8 Å². The van der Waals surface area contributed by atoms with Crippen LogP contribution in [0.15, 0.2) is 0 Å². The van der Waals surface area contributed by atoms with Crippen molar-refractivity contribution in [2.75, 3.05) is 5.75 Å². The van der Waals surface area contributed by atoms with E-state index in [1.165, 1.54) is 6.92 Å². The molecule has 5 heteroatoms. The average molecular weight is 259 g/mol. The molecule has 1 saturated carbocycles. The second-order valence-corrected chi connectivity index (χ2v) is 5.12. The van der Waals surface area contributed by atoms with E-state index in [4.69, 9.17) is 4.74 Å². The number of hydrogen-bond donors (Lipinski definition) is 2. The summed E-state index contributed by atoms with van der Waals surface area (Å²) in [4.78, 5) is 22.7. The third kappa shape index (κ3) is 4.98. The SMILES string of the molecule is CC(=O)N[C@@H](CS)C(=O)OC1CCC(C)CC1. The maximum absolute atomic E-state index is 11.8. The minimum atomic E-state index is -0.629. The van der Waals surface area contributed by atoms with Crippen LogP contribution < -0.4 is 5.32 Å². The first-order chi connectivity index (χ1) is 8.02. The minimum Gasteiger partial charge on any atom is -0.461 e. The molecule has 0 aromatic heterocycles. The van der Waals surface area contributed by atoms with Gasteiger partial charge < -0.3 is 10.1 Å². The Labute approximate surface area is 108 Å². The Hall–Kier alpha value is -0.710. The molecule has 0 aromatic rings. The number of ether oxygens (including phenoxy) is 1. The summed E-state index contributed by atoms with van der Waals surface area (Å²) in [7, 11) is 0. The highest BCUT2D eigenvalue weighted by Crippen LogP contribution is 2.25. The Morgan fingerprint density at radius 1 is 1.35 bits per heavy atom. The van der Waals surface area contributed by atoms with Crippen LogP contribution in [0.4, 0.5) is 0 Å². The van der Waals surface area contributed by atoms with Crippen molar-refractivity contribution in [3.63, 3.8) is 0 Å². The average Bonchev–Trinajstić information content (AvgIpc) is 2.28. The Morgan fingerprint density at radius 2 is 1.94 bits per heavy atom. The van der Waals surface area contributed by atoms with Gasteiger partial charge in [0.1, 0.15) is 12.1 Å². The summed E-state index contributed by atoms with van der Waals surface area (Å²) in [5, 5.41) is 2.54. The molecular weight excluding hydrogens is 238 g/mol. The number of thiol groups is 1. The largest absolute Gasteiger partial charge is 0.461 e. The van der Waals surface area contributed by atoms with Crippen molar-refractivity contribution in [3.8, 4) is 0 Å². The lowest BCUT2D eigenvalue weighted by molar-refractivity contribution is -0.154. The predicted octanol–water partition coefficient (Wildman–Crippen LogP) is 1.54. The fraction of sp³-hybridized carbons (Fsp3) is 0.833. The van der Waals surface area contributed by atoms with Gasteiger partial charge in [-0.2, -0.15) is 12.6 Å². The highest BCUT2D eigenvalue weighted by atomic mass is 32.1. The van der Waals surface area contributed by atoms with Crippen LogP contribution in [0.2, 0.25) is 0 Å². The molecule has 0 aromatic carbocycles. The molecule has 0 radical (unpaired) electrons. The molecule has 0 heterocycles. The molecule has 0 aliphatic heterocycles. The van der Waals surface area contributed by atoms with E-state index >= 15 is 0 Å². The van der Waals surface area contributed by atoms with Crippen molar-refractivity contribution in [2.24, 2.45) is 5.92 Å². The lowest BCUT2D eigenvalue weighted by Gasteiger charge is -2.27. The van der Waals surface area contributed by atoms with Crippen LogP contribution in [0.5, 0.6) is 0 Å². The number of nitrogens with one attached hydrogen (secondary N) is 1. The number of esters is 1. The first-order valence-corrected chi connectivity index (χ1v) is 6.74. The molecule has 0 unspecified atom stereocenters. The predicted molar refractivity (Wildman–Crippen MR) is 69.0 cm³/mol. The fourth-order valence-electron chi connectivity index (χ4n) is 2.02. The van der Waals surface area contributed by atoms with Gasteiger partial charge >= 0.3 is 5.97 Å². The van der Waals surface area contributed by atoms with E-state index in [1.54, 1.807) is 0 Å². The van der Waals surface area contributed by atoms with Gasteiger partial charge in [0.05, 0.1) is 0 Å². The zero-order valence-electron chi connectivity index (χ0n) is 10.4. The van der Waals surface area contributed by atoms with Gasteiger partial charge in [0, 0.05) is 12.7 Å². The molecular formula is C12H21NO3S. The van der Waals surface area contributed by atoms with Crippen molar-refractivity contribution in [2.45, 2.75) is 51.7 Å². The van der Waals surface area contributed by atoms with E-state index in [2.05, 4.69) is 24.9 Å². The summed E-state index contributed by atoms with van der Waals surface area (Å²) in [5.74, 6) is 0.385. The van der Waals surface area contributed by atoms with Gasteiger partial charge in [-0.25, -0.2) is 4.79 Å². The van der Waals surface area contributed by atoms with Crippen LogP contribution in [0.1, 0.15) is 39.5 Å². The standard InChI is InChI=1S/C12H21NO3S/c1-8-3-5-10(6-4-8)16-12(15)11(7-17)13-9(2)14/h8,10-11,17H,3-7H2,1-2H3,(H,13,14)/t8?,10?,11-/m0/s1. The number of carbonyl (C=O) groups is 2. The van der Waals surface area contributed by atoms with Crippen molar-refractivity contribution in [1.82, 2.24) is 5.32 Å². The van der Waals surface area contributed by atoms with Crippen molar-refractivity contribution in [3.05, 3.63) is 0 Å². The molecule has 4 nitrogen and oxygen atoms in total.